The number of rotatable bonds is 5. The zero-order valence-corrected chi connectivity index (χ0v) is 15.2. The highest BCUT2D eigenvalue weighted by atomic mass is 79.9. The predicted octanol–water partition coefficient (Wildman–Crippen LogP) is 3.67. The molecule has 2 aliphatic rings. The molecule has 0 saturated carbocycles. The summed E-state index contributed by atoms with van der Waals surface area (Å²) < 4.78 is 1.11. The molecule has 2 atom stereocenters. The van der Waals surface area contributed by atoms with Gasteiger partial charge in [0.1, 0.15) is 0 Å². The Labute approximate surface area is 145 Å². The Kier molecular flexibility index (Phi) is 5.83. The SMILES string of the molecule is O=C(CCCSc1ccc(Br)cc1)N1C2CCNCC1CC2. The molecule has 0 aliphatic carbocycles. The molecule has 22 heavy (non-hydrogen) atoms. The summed E-state index contributed by atoms with van der Waals surface area (Å²) in [6.07, 6.45) is 5.15. The average molecular weight is 383 g/mol. The van der Waals surface area contributed by atoms with Gasteiger partial charge in [-0.3, -0.25) is 4.79 Å². The van der Waals surface area contributed by atoms with E-state index in [1.165, 1.54) is 17.7 Å². The number of hydrogen-bond acceptors (Lipinski definition) is 3. The lowest BCUT2D eigenvalue weighted by Crippen LogP contribution is -2.42. The number of halogens is 1. The number of fused-ring (bicyclic) bond motifs is 2. The van der Waals surface area contributed by atoms with E-state index in [1.54, 1.807) is 0 Å². The van der Waals surface area contributed by atoms with Crippen LogP contribution in [0.1, 0.15) is 32.1 Å². The molecular formula is C17H23BrN2OS. The minimum absolute atomic E-state index is 0.368. The normalized spacial score (nSPS) is 24.3. The van der Waals surface area contributed by atoms with Gasteiger partial charge >= 0.3 is 0 Å². The van der Waals surface area contributed by atoms with Crippen LogP contribution in [0.25, 0.3) is 0 Å². The van der Waals surface area contributed by atoms with Gasteiger partial charge in [-0.25, -0.2) is 0 Å². The Hall–Kier alpha value is -0.520. The molecule has 3 nitrogen and oxygen atoms in total. The van der Waals surface area contributed by atoms with Crippen LogP contribution in [0.2, 0.25) is 0 Å². The van der Waals surface area contributed by atoms with Gasteiger partial charge < -0.3 is 10.2 Å². The second-order valence-corrected chi connectivity index (χ2v) is 8.17. The van der Waals surface area contributed by atoms with Crippen LogP contribution in [0.15, 0.2) is 33.6 Å². The fraction of sp³-hybridized carbons (Fsp3) is 0.588. The summed E-state index contributed by atoms with van der Waals surface area (Å²) in [6.45, 7) is 2.04. The van der Waals surface area contributed by atoms with E-state index in [-0.39, 0.29) is 0 Å². The van der Waals surface area contributed by atoms with Crippen molar-refractivity contribution in [1.29, 1.82) is 0 Å². The van der Waals surface area contributed by atoms with E-state index in [0.29, 0.717) is 24.4 Å². The molecule has 3 rings (SSSR count). The number of amides is 1. The third-order valence-electron chi connectivity index (χ3n) is 4.56. The van der Waals surface area contributed by atoms with Gasteiger partial charge in [0.2, 0.25) is 5.91 Å². The minimum atomic E-state index is 0.368. The Balaban J connectivity index is 1.43. The first-order valence-corrected chi connectivity index (χ1v) is 9.92. The van der Waals surface area contributed by atoms with Crippen molar-refractivity contribution in [1.82, 2.24) is 10.2 Å². The Bertz CT molecular complexity index is 494. The lowest BCUT2D eigenvalue weighted by atomic mass is 10.1. The second-order valence-electron chi connectivity index (χ2n) is 6.08. The lowest BCUT2D eigenvalue weighted by molar-refractivity contribution is -0.133. The Morgan fingerprint density at radius 3 is 2.82 bits per heavy atom. The van der Waals surface area contributed by atoms with Crippen LogP contribution in [0.3, 0.4) is 0 Å². The smallest absolute Gasteiger partial charge is 0.223 e. The molecule has 1 aromatic rings. The van der Waals surface area contributed by atoms with Gasteiger partial charge in [-0.2, -0.15) is 0 Å². The van der Waals surface area contributed by atoms with Gasteiger partial charge in [-0.15, -0.1) is 11.8 Å². The van der Waals surface area contributed by atoms with Crippen LogP contribution in [-0.4, -0.2) is 41.7 Å². The van der Waals surface area contributed by atoms with E-state index in [0.717, 1.165) is 36.2 Å². The highest BCUT2D eigenvalue weighted by molar-refractivity contribution is 9.10. The number of hydrogen-bond donors (Lipinski definition) is 1. The summed E-state index contributed by atoms with van der Waals surface area (Å²) in [5, 5.41) is 3.45. The molecular weight excluding hydrogens is 360 g/mol. The first-order valence-electron chi connectivity index (χ1n) is 8.14. The Morgan fingerprint density at radius 2 is 2.00 bits per heavy atom. The van der Waals surface area contributed by atoms with Crippen molar-refractivity contribution in [3.05, 3.63) is 28.7 Å². The van der Waals surface area contributed by atoms with Crippen molar-refractivity contribution in [2.75, 3.05) is 18.8 Å². The zero-order valence-electron chi connectivity index (χ0n) is 12.8. The van der Waals surface area contributed by atoms with Crippen LogP contribution in [0.5, 0.6) is 0 Å². The average Bonchev–Trinajstić information content (AvgIpc) is 2.78. The quantitative estimate of drug-likeness (QED) is 0.622. The molecule has 0 spiro atoms. The van der Waals surface area contributed by atoms with Crippen LogP contribution in [0.4, 0.5) is 0 Å². The summed E-state index contributed by atoms with van der Waals surface area (Å²) in [5.74, 6) is 1.38. The van der Waals surface area contributed by atoms with Crippen molar-refractivity contribution in [2.24, 2.45) is 0 Å². The minimum Gasteiger partial charge on any atom is -0.335 e. The molecule has 2 fully saturated rings. The van der Waals surface area contributed by atoms with Crippen LogP contribution in [0, 0.1) is 0 Å². The highest BCUT2D eigenvalue weighted by Gasteiger charge is 2.37. The van der Waals surface area contributed by atoms with E-state index in [2.05, 4.69) is 50.4 Å². The van der Waals surface area contributed by atoms with E-state index in [9.17, 15) is 4.79 Å². The van der Waals surface area contributed by atoms with Crippen molar-refractivity contribution < 1.29 is 4.79 Å². The van der Waals surface area contributed by atoms with Crippen LogP contribution < -0.4 is 5.32 Å². The van der Waals surface area contributed by atoms with E-state index in [4.69, 9.17) is 0 Å². The van der Waals surface area contributed by atoms with E-state index in [1.807, 2.05) is 11.8 Å². The van der Waals surface area contributed by atoms with Crippen LogP contribution >= 0.6 is 27.7 Å². The first-order chi connectivity index (χ1) is 10.7. The van der Waals surface area contributed by atoms with Crippen LogP contribution in [-0.2, 0) is 4.79 Å². The maximum absolute atomic E-state index is 12.6. The molecule has 0 aromatic heterocycles. The molecule has 2 unspecified atom stereocenters. The topological polar surface area (TPSA) is 32.3 Å². The number of carbonyl (C=O) groups excluding carboxylic acids is 1. The number of nitrogens with one attached hydrogen (secondary N) is 1. The molecule has 120 valence electrons. The molecule has 5 heteroatoms. The lowest BCUT2D eigenvalue weighted by Gasteiger charge is -2.28. The van der Waals surface area contributed by atoms with Gasteiger partial charge in [0, 0.05) is 34.4 Å². The molecule has 2 aliphatic heterocycles. The third-order valence-corrected chi connectivity index (χ3v) is 6.19. The molecule has 2 bridgehead atoms. The van der Waals surface area contributed by atoms with Crippen molar-refractivity contribution in [2.45, 2.75) is 49.1 Å². The van der Waals surface area contributed by atoms with Gasteiger partial charge in [-0.05, 0) is 62.2 Å². The van der Waals surface area contributed by atoms with Crippen molar-refractivity contribution in [3.63, 3.8) is 0 Å². The maximum atomic E-state index is 12.6. The van der Waals surface area contributed by atoms with Gasteiger partial charge in [0.25, 0.3) is 0 Å². The van der Waals surface area contributed by atoms with Gasteiger partial charge in [0.05, 0.1) is 0 Å². The number of thioether (sulfide) groups is 1. The van der Waals surface area contributed by atoms with Gasteiger partial charge in [0.15, 0.2) is 0 Å². The number of nitrogens with zero attached hydrogens (tertiary/aromatic N) is 1. The zero-order chi connectivity index (χ0) is 15.4. The van der Waals surface area contributed by atoms with Gasteiger partial charge in [-0.1, -0.05) is 15.9 Å². The molecule has 0 radical (unpaired) electrons. The fourth-order valence-corrected chi connectivity index (χ4v) is 4.58. The predicted molar refractivity (Wildman–Crippen MR) is 95.2 cm³/mol. The van der Waals surface area contributed by atoms with Crippen molar-refractivity contribution >= 4 is 33.6 Å². The summed E-state index contributed by atoms with van der Waals surface area (Å²) in [5.41, 5.74) is 0. The fourth-order valence-electron chi connectivity index (χ4n) is 3.46. The second kappa shape index (κ2) is 7.84. The van der Waals surface area contributed by atoms with E-state index < -0.39 is 0 Å². The molecule has 1 N–H and O–H groups in total. The standard InChI is InChI=1S/C17H23BrN2OS/c18-13-3-7-16(8-4-13)22-11-1-2-17(21)20-14-5-6-15(20)12-19-10-9-14/h3-4,7-8,14-15,19H,1-2,5-6,9-12H2. The summed E-state index contributed by atoms with van der Waals surface area (Å²) in [4.78, 5) is 16.0. The number of carbonyl (C=O) groups is 1. The molecule has 1 amide bonds. The highest BCUT2D eigenvalue weighted by Crippen LogP contribution is 2.29. The summed E-state index contributed by atoms with van der Waals surface area (Å²) in [7, 11) is 0. The largest absolute Gasteiger partial charge is 0.335 e. The number of benzene rings is 1. The first kappa shape index (κ1) is 16.3. The molecule has 1 aromatic carbocycles. The van der Waals surface area contributed by atoms with E-state index >= 15 is 0 Å². The summed E-state index contributed by atoms with van der Waals surface area (Å²) >= 11 is 5.28. The molecule has 2 heterocycles. The third kappa shape index (κ3) is 4.06. The van der Waals surface area contributed by atoms with Crippen molar-refractivity contribution in [3.8, 4) is 0 Å². The summed E-state index contributed by atoms with van der Waals surface area (Å²) in [6, 6.07) is 9.31. The monoisotopic (exact) mass is 382 g/mol. The maximum Gasteiger partial charge on any atom is 0.223 e. The Morgan fingerprint density at radius 1 is 1.23 bits per heavy atom. The molecule has 2 saturated heterocycles.